The number of alkyl halides is 6. The Bertz CT molecular complexity index is 2530. The molecule has 1 aliphatic heterocycles. The van der Waals surface area contributed by atoms with E-state index in [9.17, 15) is 58.7 Å². The summed E-state index contributed by atoms with van der Waals surface area (Å²) >= 11 is 0. The van der Waals surface area contributed by atoms with E-state index in [-0.39, 0.29) is 41.2 Å². The minimum absolute atomic E-state index is 0.0243. The number of hydrogen-bond acceptors (Lipinski definition) is 11. The minimum Gasteiger partial charge on any atom is -0.446 e. The lowest BCUT2D eigenvalue weighted by molar-refractivity contribution is -0.275. The number of rotatable bonds is 15. The number of nitrogens with zero attached hydrogens (tertiary/aromatic N) is 3. The van der Waals surface area contributed by atoms with Crippen LogP contribution in [0, 0.1) is 11.8 Å². The van der Waals surface area contributed by atoms with E-state index in [2.05, 4.69) is 36.5 Å². The average Bonchev–Trinajstić information content (AvgIpc) is 4.11. The molecule has 0 radical (unpaired) electrons. The van der Waals surface area contributed by atoms with Crippen LogP contribution < -0.4 is 30.4 Å². The van der Waals surface area contributed by atoms with Crippen molar-refractivity contribution in [1.82, 2.24) is 30.0 Å². The van der Waals surface area contributed by atoms with Crippen LogP contribution >= 0.6 is 0 Å². The highest BCUT2D eigenvalue weighted by Gasteiger charge is 2.62. The van der Waals surface area contributed by atoms with Crippen molar-refractivity contribution in [1.29, 1.82) is 0 Å². The summed E-state index contributed by atoms with van der Waals surface area (Å²) in [5.41, 5.74) is -2.63. The van der Waals surface area contributed by atoms with Crippen molar-refractivity contribution in [2.45, 2.75) is 113 Å². The number of likely N-dealkylation sites (tertiary alicyclic amines) is 1. The molecule has 7 rings (SSSR count). The summed E-state index contributed by atoms with van der Waals surface area (Å²) in [6, 6.07) is 4.68. The van der Waals surface area contributed by atoms with Crippen LogP contribution in [0.15, 0.2) is 72.2 Å². The highest BCUT2D eigenvalue weighted by atomic mass is 32.2. The van der Waals surface area contributed by atoms with Crippen molar-refractivity contribution in [3.05, 3.63) is 77.7 Å². The maximum Gasteiger partial charge on any atom is 0.573 e. The maximum absolute atomic E-state index is 14.7. The summed E-state index contributed by atoms with van der Waals surface area (Å²) in [5, 5.41) is 8.86. The van der Waals surface area contributed by atoms with Gasteiger partial charge in [0.2, 0.25) is 21.8 Å². The lowest BCUT2D eigenvalue weighted by atomic mass is 9.97. The summed E-state index contributed by atoms with van der Waals surface area (Å²) in [6.07, 6.45) is -5.40. The van der Waals surface area contributed by atoms with Crippen LogP contribution in [0.25, 0.3) is 22.3 Å². The maximum atomic E-state index is 14.7. The topological polar surface area (TPSA) is 204 Å². The van der Waals surface area contributed by atoms with E-state index >= 15 is 0 Å². The molecule has 0 bridgehead atoms. The number of carbonyl (C=O) groups is 4. The third-order valence-corrected chi connectivity index (χ3v) is 13.8. The second-order valence-corrected chi connectivity index (χ2v) is 19.0. The molecule has 4 fully saturated rings. The average molecular weight is 953 g/mol. The number of amides is 4. The first-order valence-corrected chi connectivity index (χ1v) is 22.7. The Morgan fingerprint density at radius 3 is 1.98 bits per heavy atom. The van der Waals surface area contributed by atoms with Crippen molar-refractivity contribution in [3.63, 3.8) is 0 Å². The zero-order valence-electron chi connectivity index (χ0n) is 35.5. The molecule has 356 valence electrons. The van der Waals surface area contributed by atoms with Gasteiger partial charge in [0.1, 0.15) is 35.2 Å². The number of hydrogen-bond donors (Lipinski definition) is 3. The predicted octanol–water partition coefficient (Wildman–Crippen LogP) is 5.88. The van der Waals surface area contributed by atoms with Crippen LogP contribution in [-0.2, 0) is 29.1 Å². The van der Waals surface area contributed by atoms with Crippen LogP contribution in [0.5, 0.6) is 11.5 Å². The van der Waals surface area contributed by atoms with Crippen LogP contribution in [0.1, 0.15) is 71.3 Å². The molecule has 3 saturated carbocycles. The fraction of sp³-hybridized carbons (Fsp3) is 0.488. The Labute approximate surface area is 374 Å². The fourth-order valence-corrected chi connectivity index (χ4v) is 9.76. The van der Waals surface area contributed by atoms with Gasteiger partial charge in [0.05, 0.1) is 23.1 Å². The number of aromatic nitrogens is 2. The summed E-state index contributed by atoms with van der Waals surface area (Å²) < 4.78 is 120. The molecule has 2 heterocycles. The van der Waals surface area contributed by atoms with Crippen LogP contribution in [0.2, 0.25) is 0 Å². The highest BCUT2D eigenvalue weighted by molar-refractivity contribution is 7.91. The van der Waals surface area contributed by atoms with E-state index in [1.165, 1.54) is 24.4 Å². The lowest BCUT2D eigenvalue weighted by Gasteiger charge is -2.31. The highest BCUT2D eigenvalue weighted by Crippen LogP contribution is 2.46. The normalized spacial score (nSPS) is 22.6. The Morgan fingerprint density at radius 1 is 0.894 bits per heavy atom. The van der Waals surface area contributed by atoms with Gasteiger partial charge in [0.15, 0.2) is 0 Å². The minimum atomic E-state index is -5.05. The molecule has 3 aromatic rings. The van der Waals surface area contributed by atoms with Crippen molar-refractivity contribution in [3.8, 4) is 33.8 Å². The van der Waals surface area contributed by atoms with Gasteiger partial charge in [-0.2, -0.15) is 5.10 Å². The summed E-state index contributed by atoms with van der Waals surface area (Å²) in [6.45, 7) is 6.60. The number of nitrogens with one attached hydrogen (secondary N) is 3. The Hall–Kier alpha value is -6.13. The number of carbonyl (C=O) groups excluding carboxylic acids is 4. The Balaban J connectivity index is 1.26. The molecule has 0 unspecified atom stereocenters. The number of halogens is 6. The molecule has 23 heteroatoms. The first kappa shape index (κ1) is 47.8. The molecule has 66 heavy (non-hydrogen) atoms. The van der Waals surface area contributed by atoms with Gasteiger partial charge in [0, 0.05) is 24.4 Å². The zero-order chi connectivity index (χ0) is 47.9. The van der Waals surface area contributed by atoms with Gasteiger partial charge in [-0.15, -0.1) is 32.9 Å². The molecule has 3 aliphatic carbocycles. The summed E-state index contributed by atoms with van der Waals surface area (Å²) in [4.78, 5) is 71.7. The molecule has 5 atom stereocenters. The molecule has 3 N–H and O–H groups in total. The fourth-order valence-electron chi connectivity index (χ4n) is 8.40. The largest absolute Gasteiger partial charge is 0.573 e. The van der Waals surface area contributed by atoms with E-state index in [1.54, 1.807) is 13.8 Å². The van der Waals surface area contributed by atoms with E-state index < -0.39 is 111 Å². The first-order chi connectivity index (χ1) is 31.0. The Morgan fingerprint density at radius 2 is 1.47 bits per heavy atom. The van der Waals surface area contributed by atoms with Crippen molar-refractivity contribution >= 4 is 33.8 Å². The second kappa shape index (κ2) is 18.3. The number of benzene rings is 2. The zero-order valence-corrected chi connectivity index (χ0v) is 36.3. The number of alkyl carbamates (subject to hydrolysis) is 1. The van der Waals surface area contributed by atoms with Crippen molar-refractivity contribution < 1.29 is 68.1 Å². The van der Waals surface area contributed by atoms with Gasteiger partial charge < -0.3 is 29.7 Å². The standard InChI is InChI=1S/C43H46F6N6O10S/c1-4-26-20-41(26,39(59)53-66(61,62)31-17-18-31)52-36(56)33-19-27(22-54(33)38(58)35(23(2)3)51-40(60)63-28-7-5-6-8-28)55-37(57)34(25-11-15-30(16-12-25)65-43(47,48)49)32(21-50-55)24-9-13-29(14-10-24)64-42(44,45)46/h4,9-16,21,23,26-28,31,33,35H,1,5-8,17-20,22H2,2-3H3,(H,51,60)(H,52,56)(H,53,59)/t26-,27-,33+,35+,41-/m1/s1. The number of ether oxygens (including phenoxy) is 3. The van der Waals surface area contributed by atoms with Crippen LogP contribution in [-0.4, -0.2) is 95.2 Å². The second-order valence-electron chi connectivity index (χ2n) is 17.1. The van der Waals surface area contributed by atoms with E-state index in [4.69, 9.17) is 4.74 Å². The lowest BCUT2D eigenvalue weighted by Crippen LogP contribution is -2.59. The van der Waals surface area contributed by atoms with Gasteiger partial charge >= 0.3 is 18.8 Å². The molecule has 1 aromatic heterocycles. The summed E-state index contributed by atoms with van der Waals surface area (Å²) in [5.74, 6) is -5.17. The monoisotopic (exact) mass is 952 g/mol. The van der Waals surface area contributed by atoms with E-state index in [0.29, 0.717) is 25.7 Å². The van der Waals surface area contributed by atoms with Crippen molar-refractivity contribution in [2.24, 2.45) is 11.8 Å². The van der Waals surface area contributed by atoms with Gasteiger partial charge in [0.25, 0.3) is 11.5 Å². The van der Waals surface area contributed by atoms with Gasteiger partial charge in [-0.05, 0) is 86.3 Å². The predicted molar refractivity (Wildman–Crippen MR) is 222 cm³/mol. The van der Waals surface area contributed by atoms with Gasteiger partial charge in [-0.25, -0.2) is 17.9 Å². The summed E-state index contributed by atoms with van der Waals surface area (Å²) in [7, 11) is -4.06. The molecule has 2 aromatic carbocycles. The molecule has 4 amide bonds. The molecule has 1 saturated heterocycles. The molecule has 16 nitrogen and oxygen atoms in total. The third kappa shape index (κ3) is 10.8. The van der Waals surface area contributed by atoms with Crippen LogP contribution in [0.4, 0.5) is 31.1 Å². The van der Waals surface area contributed by atoms with E-state index in [1.807, 2.05) is 0 Å². The van der Waals surface area contributed by atoms with Crippen LogP contribution in [0.3, 0.4) is 0 Å². The van der Waals surface area contributed by atoms with Crippen molar-refractivity contribution in [2.75, 3.05) is 6.54 Å². The number of sulfonamides is 1. The third-order valence-electron chi connectivity index (χ3n) is 12.0. The van der Waals surface area contributed by atoms with Gasteiger partial charge in [-0.1, -0.05) is 44.2 Å². The van der Waals surface area contributed by atoms with Gasteiger partial charge in [-0.3, -0.25) is 23.9 Å². The molecular weight excluding hydrogens is 907 g/mol. The molecule has 0 spiro atoms. The smallest absolute Gasteiger partial charge is 0.446 e. The quantitative estimate of drug-likeness (QED) is 0.121. The Kier molecular flexibility index (Phi) is 13.2. The SMILES string of the molecule is C=C[C@@H]1C[C@]1(NC(=O)[C@@H]1C[C@@H](n2ncc(-c3ccc(OC(F)(F)F)cc3)c(-c3ccc(OC(F)(F)F)cc3)c2=O)CN1C(=O)[C@@H](NC(=O)OC1CCCC1)C(C)C)C(=O)NS(=O)(=O)C1CC1. The van der Waals surface area contributed by atoms with E-state index in [0.717, 1.165) is 58.8 Å². The molecular formula is C43H46F6N6O10S. The first-order valence-electron chi connectivity index (χ1n) is 21.1. The molecule has 4 aliphatic rings.